The summed E-state index contributed by atoms with van der Waals surface area (Å²) < 4.78 is 27.3. The Balaban J connectivity index is 1.93. The van der Waals surface area contributed by atoms with E-state index in [0.29, 0.717) is 17.4 Å². The standard InChI is InChI=1S/C18H25F2N/c19-15-10-14(11-16(20)12-15)18(21)9-5-4-8-17(18)13-6-2-1-3-7-13/h10-13,17H,1-9,21H2. The van der Waals surface area contributed by atoms with Gasteiger partial charge in [0.2, 0.25) is 0 Å². The Morgan fingerprint density at radius 2 is 1.48 bits per heavy atom. The normalized spacial score (nSPS) is 31.3. The third-order valence-corrected chi connectivity index (χ3v) is 5.64. The molecule has 0 aromatic heterocycles. The summed E-state index contributed by atoms with van der Waals surface area (Å²) in [6, 6.07) is 3.83. The number of nitrogens with two attached hydrogens (primary N) is 1. The predicted molar refractivity (Wildman–Crippen MR) is 80.8 cm³/mol. The Kier molecular flexibility index (Phi) is 4.30. The summed E-state index contributed by atoms with van der Waals surface area (Å²) in [4.78, 5) is 0. The van der Waals surface area contributed by atoms with Gasteiger partial charge in [0.25, 0.3) is 0 Å². The van der Waals surface area contributed by atoms with Crippen LogP contribution in [-0.4, -0.2) is 0 Å². The Labute approximate surface area is 125 Å². The van der Waals surface area contributed by atoms with Crippen molar-refractivity contribution >= 4 is 0 Å². The fourth-order valence-electron chi connectivity index (χ4n) is 4.60. The molecule has 116 valence electrons. The smallest absolute Gasteiger partial charge is 0.126 e. The highest BCUT2D eigenvalue weighted by Crippen LogP contribution is 2.47. The van der Waals surface area contributed by atoms with Crippen molar-refractivity contribution in [1.82, 2.24) is 0 Å². The fraction of sp³-hybridized carbons (Fsp3) is 0.667. The molecule has 2 N–H and O–H groups in total. The van der Waals surface area contributed by atoms with Gasteiger partial charge in [0.1, 0.15) is 11.6 Å². The lowest BCUT2D eigenvalue weighted by Crippen LogP contribution is -2.49. The van der Waals surface area contributed by atoms with Crippen LogP contribution in [0.5, 0.6) is 0 Å². The first-order valence-corrected chi connectivity index (χ1v) is 8.35. The van der Waals surface area contributed by atoms with Crippen LogP contribution < -0.4 is 5.73 Å². The first kappa shape index (κ1) is 15.0. The molecule has 2 fully saturated rings. The van der Waals surface area contributed by atoms with E-state index in [1.807, 2.05) is 0 Å². The van der Waals surface area contributed by atoms with Crippen LogP contribution in [-0.2, 0) is 5.54 Å². The molecule has 2 unspecified atom stereocenters. The van der Waals surface area contributed by atoms with Crippen molar-refractivity contribution < 1.29 is 8.78 Å². The summed E-state index contributed by atoms with van der Waals surface area (Å²) in [6.45, 7) is 0. The number of rotatable bonds is 2. The van der Waals surface area contributed by atoms with Crippen molar-refractivity contribution in [2.75, 3.05) is 0 Å². The summed E-state index contributed by atoms with van der Waals surface area (Å²) >= 11 is 0. The van der Waals surface area contributed by atoms with Crippen LogP contribution in [0.15, 0.2) is 18.2 Å². The van der Waals surface area contributed by atoms with Gasteiger partial charge >= 0.3 is 0 Å². The molecule has 0 radical (unpaired) electrons. The van der Waals surface area contributed by atoms with Gasteiger partial charge in [-0.2, -0.15) is 0 Å². The Morgan fingerprint density at radius 1 is 0.857 bits per heavy atom. The number of hydrogen-bond acceptors (Lipinski definition) is 1. The minimum Gasteiger partial charge on any atom is -0.321 e. The van der Waals surface area contributed by atoms with Crippen LogP contribution in [0, 0.1) is 23.5 Å². The molecule has 2 atom stereocenters. The Morgan fingerprint density at radius 3 is 2.14 bits per heavy atom. The summed E-state index contributed by atoms with van der Waals surface area (Å²) in [5, 5.41) is 0. The lowest BCUT2D eigenvalue weighted by Gasteiger charge is -2.46. The van der Waals surface area contributed by atoms with Crippen molar-refractivity contribution in [3.05, 3.63) is 35.4 Å². The van der Waals surface area contributed by atoms with Gasteiger partial charge < -0.3 is 5.73 Å². The molecule has 3 rings (SSSR count). The molecule has 3 heteroatoms. The van der Waals surface area contributed by atoms with Crippen molar-refractivity contribution in [3.63, 3.8) is 0 Å². The average Bonchev–Trinajstić information content (AvgIpc) is 2.47. The van der Waals surface area contributed by atoms with Gasteiger partial charge in [-0.05, 0) is 42.4 Å². The first-order valence-electron chi connectivity index (χ1n) is 8.35. The maximum atomic E-state index is 13.6. The third kappa shape index (κ3) is 2.98. The second kappa shape index (κ2) is 6.04. The van der Waals surface area contributed by atoms with Gasteiger partial charge in [-0.1, -0.05) is 44.9 Å². The van der Waals surface area contributed by atoms with E-state index >= 15 is 0 Å². The molecule has 2 aliphatic rings. The van der Waals surface area contributed by atoms with Crippen LogP contribution >= 0.6 is 0 Å². The van der Waals surface area contributed by atoms with Crippen LogP contribution in [0.25, 0.3) is 0 Å². The molecule has 21 heavy (non-hydrogen) atoms. The van der Waals surface area contributed by atoms with Gasteiger partial charge in [0.15, 0.2) is 0 Å². The van der Waals surface area contributed by atoms with Crippen molar-refractivity contribution in [2.45, 2.75) is 63.3 Å². The van der Waals surface area contributed by atoms with Crippen LogP contribution in [0.3, 0.4) is 0 Å². The first-order chi connectivity index (χ1) is 10.1. The van der Waals surface area contributed by atoms with Crippen LogP contribution in [0.1, 0.15) is 63.4 Å². The quantitative estimate of drug-likeness (QED) is 0.825. The zero-order valence-corrected chi connectivity index (χ0v) is 12.6. The van der Waals surface area contributed by atoms with E-state index < -0.39 is 17.2 Å². The van der Waals surface area contributed by atoms with Crippen LogP contribution in [0.4, 0.5) is 8.78 Å². The molecule has 0 bridgehead atoms. The lowest BCUT2D eigenvalue weighted by molar-refractivity contribution is 0.0981. The highest BCUT2D eigenvalue weighted by molar-refractivity contribution is 5.28. The average molecular weight is 293 g/mol. The molecule has 0 heterocycles. The van der Waals surface area contributed by atoms with Gasteiger partial charge in [0.05, 0.1) is 0 Å². The topological polar surface area (TPSA) is 26.0 Å². The minimum absolute atomic E-state index is 0.368. The largest absolute Gasteiger partial charge is 0.321 e. The van der Waals surface area contributed by atoms with Crippen molar-refractivity contribution in [3.8, 4) is 0 Å². The number of halogens is 2. The van der Waals surface area contributed by atoms with Gasteiger partial charge in [-0.15, -0.1) is 0 Å². The molecule has 1 aromatic carbocycles. The Bertz CT molecular complexity index is 476. The van der Waals surface area contributed by atoms with E-state index in [4.69, 9.17) is 5.73 Å². The molecule has 0 spiro atoms. The maximum Gasteiger partial charge on any atom is 0.126 e. The molecule has 2 aliphatic carbocycles. The summed E-state index contributed by atoms with van der Waals surface area (Å²) in [7, 11) is 0. The summed E-state index contributed by atoms with van der Waals surface area (Å²) in [5.74, 6) is -0.0336. The summed E-state index contributed by atoms with van der Waals surface area (Å²) in [5.41, 5.74) is 6.87. The predicted octanol–water partition coefficient (Wildman–Crippen LogP) is 4.89. The lowest BCUT2D eigenvalue weighted by atomic mass is 9.62. The molecule has 0 amide bonds. The van der Waals surface area contributed by atoms with E-state index in [0.717, 1.165) is 25.3 Å². The number of benzene rings is 1. The van der Waals surface area contributed by atoms with Crippen molar-refractivity contribution in [1.29, 1.82) is 0 Å². The molecule has 0 aliphatic heterocycles. The van der Waals surface area contributed by atoms with Gasteiger partial charge in [0, 0.05) is 11.6 Å². The zero-order chi connectivity index (χ0) is 14.9. The van der Waals surface area contributed by atoms with E-state index in [2.05, 4.69) is 0 Å². The SMILES string of the molecule is NC1(c2cc(F)cc(F)c2)CCCCC1C1CCCCC1. The van der Waals surface area contributed by atoms with Gasteiger partial charge in [-0.3, -0.25) is 0 Å². The molecular weight excluding hydrogens is 268 g/mol. The Hall–Kier alpha value is -0.960. The molecule has 1 nitrogen and oxygen atoms in total. The zero-order valence-electron chi connectivity index (χ0n) is 12.6. The second-order valence-electron chi connectivity index (χ2n) is 6.95. The third-order valence-electron chi connectivity index (χ3n) is 5.64. The highest BCUT2D eigenvalue weighted by atomic mass is 19.1. The number of hydrogen-bond donors (Lipinski definition) is 1. The minimum atomic E-state index is -0.552. The fourth-order valence-corrected chi connectivity index (χ4v) is 4.60. The summed E-state index contributed by atoms with van der Waals surface area (Å²) in [6.07, 6.45) is 10.5. The molecule has 0 saturated heterocycles. The highest BCUT2D eigenvalue weighted by Gasteiger charge is 2.43. The van der Waals surface area contributed by atoms with E-state index in [1.165, 1.54) is 50.7 Å². The van der Waals surface area contributed by atoms with E-state index in [9.17, 15) is 8.78 Å². The van der Waals surface area contributed by atoms with Crippen LogP contribution in [0.2, 0.25) is 0 Å². The second-order valence-corrected chi connectivity index (χ2v) is 6.95. The monoisotopic (exact) mass is 293 g/mol. The van der Waals surface area contributed by atoms with E-state index in [1.54, 1.807) is 0 Å². The van der Waals surface area contributed by atoms with Crippen molar-refractivity contribution in [2.24, 2.45) is 17.6 Å². The molecule has 2 saturated carbocycles. The van der Waals surface area contributed by atoms with E-state index in [-0.39, 0.29) is 0 Å². The van der Waals surface area contributed by atoms with Gasteiger partial charge in [-0.25, -0.2) is 8.78 Å². The molecule has 1 aromatic rings. The maximum absolute atomic E-state index is 13.6. The molecular formula is C18H25F2N.